The zero-order chi connectivity index (χ0) is 5.70. The van der Waals surface area contributed by atoms with E-state index < -0.39 is 0 Å². The van der Waals surface area contributed by atoms with Gasteiger partial charge in [0.05, 0.1) is 8.50 Å². The third kappa shape index (κ3) is 7.30. The summed E-state index contributed by atoms with van der Waals surface area (Å²) in [5, 5.41) is 0. The van der Waals surface area contributed by atoms with Crippen LogP contribution in [0.25, 0.3) is 0 Å². The second-order valence-electron chi connectivity index (χ2n) is 0.828. The van der Waals surface area contributed by atoms with E-state index in [1.807, 2.05) is 0 Å². The van der Waals surface area contributed by atoms with Crippen molar-refractivity contribution in [3.05, 3.63) is 6.42 Å². The van der Waals surface area contributed by atoms with Crippen LogP contribution in [0.5, 0.6) is 0 Å². The molecule has 0 aliphatic rings. The number of hydrogen-bond donors (Lipinski definition) is 0. The van der Waals surface area contributed by atoms with Crippen molar-refractivity contribution in [1.82, 2.24) is 0 Å². The van der Waals surface area contributed by atoms with Gasteiger partial charge in [0.25, 0.3) is 0 Å². The first-order valence-electron chi connectivity index (χ1n) is 1.77. The molecule has 0 aromatic carbocycles. The maximum atomic E-state index is 10.1. The van der Waals surface area contributed by atoms with Crippen molar-refractivity contribution in [2.45, 2.75) is 6.92 Å². The van der Waals surface area contributed by atoms with Crippen LogP contribution in [0.2, 0.25) is 0 Å². The summed E-state index contributed by atoms with van der Waals surface area (Å²) in [6.07, 6.45) is 1.39. The van der Waals surface area contributed by atoms with Gasteiger partial charge in [-0.15, -0.1) is 0 Å². The van der Waals surface area contributed by atoms with Gasteiger partial charge in [-0.05, 0) is 0 Å². The molecule has 0 amide bonds. The van der Waals surface area contributed by atoms with Crippen molar-refractivity contribution >= 4 is 23.4 Å². The van der Waals surface area contributed by atoms with Crippen LogP contribution in [0.15, 0.2) is 0 Å². The average Bonchev–Trinajstić information content (AvgIpc) is 1.68. The molecule has 0 aromatic rings. The summed E-state index contributed by atoms with van der Waals surface area (Å²) in [7, 11) is 2.50. The molecule has 2 nitrogen and oxygen atoms in total. The SMILES string of the molecule is C[CH-]C(=O)OPP.[Y]. The third-order valence-electron chi connectivity index (χ3n) is 0.395. The molecule has 0 fully saturated rings. The van der Waals surface area contributed by atoms with Crippen LogP contribution in [0.1, 0.15) is 6.92 Å². The van der Waals surface area contributed by atoms with Gasteiger partial charge in [0.15, 0.2) is 5.97 Å². The summed E-state index contributed by atoms with van der Waals surface area (Å²) < 4.78 is 4.49. The van der Waals surface area contributed by atoms with Gasteiger partial charge in [-0.2, -0.15) is 6.92 Å². The number of carbonyl (C=O) groups excluding carboxylic acids is 1. The maximum Gasteiger partial charge on any atom is 0.170 e. The van der Waals surface area contributed by atoms with E-state index in [4.69, 9.17) is 0 Å². The molecule has 5 heteroatoms. The van der Waals surface area contributed by atoms with E-state index in [0.717, 1.165) is 0 Å². The monoisotopic (exact) mass is 226 g/mol. The van der Waals surface area contributed by atoms with E-state index in [2.05, 4.69) is 13.5 Å². The first-order valence-corrected chi connectivity index (χ1v) is 4.48. The first-order chi connectivity index (χ1) is 3.31. The number of hydrogen-bond acceptors (Lipinski definition) is 2. The van der Waals surface area contributed by atoms with E-state index in [9.17, 15) is 4.79 Å². The van der Waals surface area contributed by atoms with Crippen LogP contribution < -0.4 is 0 Å². The molecular weight excluding hydrogens is 219 g/mol. The second kappa shape index (κ2) is 8.30. The molecule has 0 rings (SSSR count). The van der Waals surface area contributed by atoms with E-state index in [1.54, 1.807) is 6.92 Å². The summed E-state index contributed by atoms with van der Waals surface area (Å²) in [6.45, 7) is 1.65. The van der Waals surface area contributed by atoms with Crippen molar-refractivity contribution in [3.8, 4) is 0 Å². The molecule has 8 heavy (non-hydrogen) atoms. The average molecular weight is 226 g/mol. The van der Waals surface area contributed by atoms with Crippen LogP contribution >= 0.6 is 17.4 Å². The fourth-order valence-electron chi connectivity index (χ4n) is 0.117. The molecule has 0 aliphatic heterocycles. The molecule has 0 aliphatic carbocycles. The molecule has 1 radical (unpaired) electrons. The molecule has 0 bridgehead atoms. The van der Waals surface area contributed by atoms with Crippen molar-refractivity contribution < 1.29 is 42.0 Å². The standard InChI is InChI=1S/C3H7O2P2.Y/c1-2-3(4)5-7-6;/h2,7H,6H2,1H3;/q-1;. The molecule has 0 heterocycles. The van der Waals surface area contributed by atoms with Gasteiger partial charge in [0.1, 0.15) is 0 Å². The van der Waals surface area contributed by atoms with Crippen LogP contribution in [-0.4, -0.2) is 5.97 Å². The predicted octanol–water partition coefficient (Wildman–Crippen LogP) is 1.13. The minimum Gasteiger partial charge on any atom is -0.468 e. The maximum absolute atomic E-state index is 10.1. The Bertz CT molecular complexity index is 68.3. The molecule has 0 saturated heterocycles. The Balaban J connectivity index is 0. The summed E-state index contributed by atoms with van der Waals surface area (Å²) in [6, 6.07) is 0. The van der Waals surface area contributed by atoms with Gasteiger partial charge >= 0.3 is 0 Å². The predicted molar refractivity (Wildman–Crippen MR) is 34.1 cm³/mol. The van der Waals surface area contributed by atoms with Gasteiger partial charge in [-0.3, -0.25) is 11.2 Å². The fraction of sp³-hybridized carbons (Fsp3) is 0.333. The number of carbonyl (C=O) groups is 1. The molecule has 2 unspecified atom stereocenters. The van der Waals surface area contributed by atoms with Gasteiger partial charge in [-0.1, -0.05) is 8.93 Å². The van der Waals surface area contributed by atoms with Crippen molar-refractivity contribution in [2.24, 2.45) is 0 Å². The minimum absolute atomic E-state index is 0. The molecular formula is C3H7O2P2Y-. The normalized spacial score (nSPS) is 8.25. The summed E-state index contributed by atoms with van der Waals surface area (Å²) >= 11 is 0. The first kappa shape index (κ1) is 12.0. The van der Waals surface area contributed by atoms with E-state index >= 15 is 0 Å². The summed E-state index contributed by atoms with van der Waals surface area (Å²) in [4.78, 5) is 10.1. The molecule has 0 saturated carbocycles. The molecule has 2 atom stereocenters. The Morgan fingerprint density at radius 3 is 2.50 bits per heavy atom. The van der Waals surface area contributed by atoms with Crippen LogP contribution in [-0.2, 0) is 42.0 Å². The molecule has 0 spiro atoms. The Labute approximate surface area is 78.4 Å². The van der Waals surface area contributed by atoms with E-state index in [1.165, 1.54) is 6.42 Å². The van der Waals surface area contributed by atoms with Gasteiger partial charge in [0.2, 0.25) is 0 Å². The molecule has 0 N–H and O–H groups in total. The Morgan fingerprint density at radius 1 is 1.88 bits per heavy atom. The molecule has 0 aromatic heterocycles. The van der Waals surface area contributed by atoms with Gasteiger partial charge in [-0.25, -0.2) is 0 Å². The minimum atomic E-state index is -0.256. The Hall–Kier alpha value is 1.30. The largest absolute Gasteiger partial charge is 0.468 e. The fourth-order valence-corrected chi connectivity index (χ4v) is 0.699. The van der Waals surface area contributed by atoms with Crippen LogP contribution in [0, 0.1) is 6.42 Å². The zero-order valence-electron chi connectivity index (χ0n) is 4.55. The zero-order valence-corrected chi connectivity index (χ0v) is 9.54. The number of rotatable bonds is 2. The quantitative estimate of drug-likeness (QED) is 0.521. The topological polar surface area (TPSA) is 26.3 Å². The van der Waals surface area contributed by atoms with Crippen molar-refractivity contribution in [3.63, 3.8) is 0 Å². The van der Waals surface area contributed by atoms with E-state index in [0.29, 0.717) is 0 Å². The van der Waals surface area contributed by atoms with Gasteiger partial charge < -0.3 is 4.52 Å². The second-order valence-corrected chi connectivity index (χ2v) is 1.97. The Morgan fingerprint density at radius 2 is 2.38 bits per heavy atom. The van der Waals surface area contributed by atoms with E-state index in [-0.39, 0.29) is 47.2 Å². The van der Waals surface area contributed by atoms with Crippen LogP contribution in [0.4, 0.5) is 0 Å². The van der Waals surface area contributed by atoms with Gasteiger partial charge in [0, 0.05) is 32.7 Å². The molecule has 45 valence electrons. The smallest absolute Gasteiger partial charge is 0.170 e. The van der Waals surface area contributed by atoms with Crippen molar-refractivity contribution in [2.75, 3.05) is 0 Å². The van der Waals surface area contributed by atoms with Crippen molar-refractivity contribution in [1.29, 1.82) is 0 Å². The Kier molecular flexibility index (Phi) is 12.5. The van der Waals surface area contributed by atoms with Crippen LogP contribution in [0.3, 0.4) is 0 Å². The summed E-state index contributed by atoms with van der Waals surface area (Å²) in [5.41, 5.74) is 0. The third-order valence-corrected chi connectivity index (χ3v) is 1.07. The summed E-state index contributed by atoms with van der Waals surface area (Å²) in [5.74, 6) is -0.256.